The highest BCUT2D eigenvalue weighted by molar-refractivity contribution is 9.10. The molecule has 2 aromatic heterocycles. The molecule has 0 aliphatic heterocycles. The first kappa shape index (κ1) is 13.6. The summed E-state index contributed by atoms with van der Waals surface area (Å²) >= 11 is 3.33. The lowest BCUT2D eigenvalue weighted by Gasteiger charge is -2.03. The number of hydrogen-bond acceptors (Lipinski definition) is 6. The Balaban J connectivity index is 2.00. The van der Waals surface area contributed by atoms with Crippen molar-refractivity contribution >= 4 is 21.6 Å². The summed E-state index contributed by atoms with van der Waals surface area (Å²) in [4.78, 5) is 8.55. The summed E-state index contributed by atoms with van der Waals surface area (Å²) in [6, 6.07) is 8.91. The molecule has 3 rings (SSSR count). The van der Waals surface area contributed by atoms with E-state index in [0.717, 1.165) is 4.47 Å². The first-order chi connectivity index (χ1) is 10.2. The minimum absolute atomic E-state index is 0.325. The average molecular weight is 347 g/mol. The maximum Gasteiger partial charge on any atom is 0.260 e. The van der Waals surface area contributed by atoms with Crippen LogP contribution in [0.25, 0.3) is 23.0 Å². The van der Waals surface area contributed by atoms with E-state index in [-0.39, 0.29) is 0 Å². The zero-order valence-corrected chi connectivity index (χ0v) is 12.7. The Labute approximate surface area is 129 Å². The Morgan fingerprint density at radius 1 is 1.24 bits per heavy atom. The van der Waals surface area contributed by atoms with Gasteiger partial charge in [-0.3, -0.25) is 4.98 Å². The fourth-order valence-electron chi connectivity index (χ4n) is 1.79. The predicted octanol–water partition coefficient (Wildman–Crippen LogP) is 3.15. The summed E-state index contributed by atoms with van der Waals surface area (Å²) in [6.07, 6.45) is 1.67. The number of benzene rings is 1. The largest absolute Gasteiger partial charge is 0.497 e. The predicted molar refractivity (Wildman–Crippen MR) is 81.6 cm³/mol. The van der Waals surface area contributed by atoms with Gasteiger partial charge in [-0.05, 0) is 46.3 Å². The van der Waals surface area contributed by atoms with E-state index in [1.54, 1.807) is 37.6 Å². The molecule has 0 aliphatic rings. The summed E-state index contributed by atoms with van der Waals surface area (Å²) < 4.78 is 11.3. The summed E-state index contributed by atoms with van der Waals surface area (Å²) in [5.41, 5.74) is 7.73. The van der Waals surface area contributed by atoms with Crippen molar-refractivity contribution in [3.63, 3.8) is 0 Å². The third kappa shape index (κ3) is 2.73. The van der Waals surface area contributed by atoms with Crippen LogP contribution in [-0.2, 0) is 0 Å². The number of hydrogen-bond donors (Lipinski definition) is 1. The van der Waals surface area contributed by atoms with Crippen LogP contribution in [-0.4, -0.2) is 22.2 Å². The number of ether oxygens (including phenoxy) is 1. The highest BCUT2D eigenvalue weighted by atomic mass is 79.9. The van der Waals surface area contributed by atoms with Gasteiger partial charge < -0.3 is 15.0 Å². The fraction of sp³-hybridized carbons (Fsp3) is 0.0714. The van der Waals surface area contributed by atoms with Crippen LogP contribution in [0, 0.1) is 0 Å². The highest BCUT2D eigenvalue weighted by Crippen LogP contribution is 2.29. The van der Waals surface area contributed by atoms with Crippen molar-refractivity contribution in [1.29, 1.82) is 0 Å². The van der Waals surface area contributed by atoms with Gasteiger partial charge in [-0.25, -0.2) is 0 Å². The molecule has 2 heterocycles. The molecule has 0 bridgehead atoms. The molecule has 0 radical (unpaired) electrons. The lowest BCUT2D eigenvalue weighted by molar-refractivity contribution is 0.413. The summed E-state index contributed by atoms with van der Waals surface area (Å²) in [5, 5.41) is 3.93. The third-order valence-electron chi connectivity index (χ3n) is 2.87. The van der Waals surface area contributed by atoms with E-state index in [9.17, 15) is 0 Å². The van der Waals surface area contributed by atoms with E-state index < -0.39 is 0 Å². The van der Waals surface area contributed by atoms with Crippen molar-refractivity contribution in [2.45, 2.75) is 0 Å². The van der Waals surface area contributed by atoms with Crippen LogP contribution in [0.3, 0.4) is 0 Å². The van der Waals surface area contributed by atoms with Crippen LogP contribution >= 0.6 is 15.9 Å². The molecule has 0 atom stereocenters. The van der Waals surface area contributed by atoms with E-state index >= 15 is 0 Å². The molecule has 6 nitrogen and oxygen atoms in total. The van der Waals surface area contributed by atoms with Crippen LogP contribution < -0.4 is 10.5 Å². The third-order valence-corrected chi connectivity index (χ3v) is 3.34. The number of rotatable bonds is 3. The number of nitrogens with zero attached hydrogens (tertiary/aromatic N) is 3. The van der Waals surface area contributed by atoms with Crippen LogP contribution in [0.5, 0.6) is 5.75 Å². The first-order valence-corrected chi connectivity index (χ1v) is 6.86. The topological polar surface area (TPSA) is 87.1 Å². The van der Waals surface area contributed by atoms with Crippen LogP contribution in [0.2, 0.25) is 0 Å². The van der Waals surface area contributed by atoms with E-state index in [0.29, 0.717) is 34.4 Å². The highest BCUT2D eigenvalue weighted by Gasteiger charge is 2.14. The minimum atomic E-state index is 0.325. The molecule has 21 heavy (non-hydrogen) atoms. The van der Waals surface area contributed by atoms with Crippen molar-refractivity contribution < 1.29 is 9.26 Å². The SMILES string of the molecule is COc1ccc(N)c(-c2nc(-c3ccc(Br)cn3)no2)c1. The monoisotopic (exact) mass is 346 g/mol. The number of nitrogen functional groups attached to an aromatic ring is 1. The molecule has 3 aromatic rings. The number of aromatic nitrogens is 3. The maximum absolute atomic E-state index is 5.94. The molecule has 106 valence electrons. The molecule has 0 fully saturated rings. The quantitative estimate of drug-likeness (QED) is 0.733. The van der Waals surface area contributed by atoms with Gasteiger partial charge in [0.1, 0.15) is 11.4 Å². The molecule has 0 saturated carbocycles. The number of anilines is 1. The summed E-state index contributed by atoms with van der Waals surface area (Å²) in [6.45, 7) is 0. The molecule has 2 N–H and O–H groups in total. The Kier molecular flexibility index (Phi) is 3.57. The molecule has 0 saturated heterocycles. The van der Waals surface area contributed by atoms with Gasteiger partial charge >= 0.3 is 0 Å². The molecule has 0 aliphatic carbocycles. The van der Waals surface area contributed by atoms with E-state index in [1.807, 2.05) is 6.07 Å². The second-order valence-electron chi connectivity index (χ2n) is 4.24. The lowest BCUT2D eigenvalue weighted by atomic mass is 10.1. The van der Waals surface area contributed by atoms with Gasteiger partial charge in [0, 0.05) is 16.4 Å². The Hall–Kier alpha value is -2.41. The van der Waals surface area contributed by atoms with Crippen molar-refractivity contribution in [2.75, 3.05) is 12.8 Å². The van der Waals surface area contributed by atoms with E-state index in [4.69, 9.17) is 15.0 Å². The van der Waals surface area contributed by atoms with Crippen LogP contribution in [0.4, 0.5) is 5.69 Å². The Morgan fingerprint density at radius 3 is 2.81 bits per heavy atom. The van der Waals surface area contributed by atoms with Crippen molar-refractivity contribution in [1.82, 2.24) is 15.1 Å². The van der Waals surface area contributed by atoms with Gasteiger partial charge in [-0.1, -0.05) is 5.16 Å². The van der Waals surface area contributed by atoms with Crippen LogP contribution in [0.15, 0.2) is 45.5 Å². The molecule has 1 aromatic carbocycles. The Morgan fingerprint density at radius 2 is 2.10 bits per heavy atom. The standard InChI is InChI=1S/C14H11BrN4O2/c1-20-9-3-4-11(16)10(6-9)14-18-13(19-21-14)12-5-2-8(15)7-17-12/h2-7H,16H2,1H3. The zero-order valence-electron chi connectivity index (χ0n) is 11.1. The second-order valence-corrected chi connectivity index (χ2v) is 5.15. The lowest BCUT2D eigenvalue weighted by Crippen LogP contribution is -1.92. The molecule has 0 spiro atoms. The normalized spacial score (nSPS) is 10.6. The van der Waals surface area contributed by atoms with Crippen molar-refractivity contribution in [2.24, 2.45) is 0 Å². The van der Waals surface area contributed by atoms with Gasteiger partial charge in [-0.15, -0.1) is 0 Å². The van der Waals surface area contributed by atoms with Gasteiger partial charge in [0.2, 0.25) is 5.82 Å². The molecule has 0 amide bonds. The molecule has 7 heteroatoms. The molecule has 0 unspecified atom stereocenters. The minimum Gasteiger partial charge on any atom is -0.497 e. The van der Waals surface area contributed by atoms with E-state index in [2.05, 4.69) is 31.1 Å². The van der Waals surface area contributed by atoms with Gasteiger partial charge in [0.15, 0.2) is 0 Å². The average Bonchev–Trinajstić information content (AvgIpc) is 2.98. The summed E-state index contributed by atoms with van der Waals surface area (Å²) in [5.74, 6) is 1.39. The summed E-state index contributed by atoms with van der Waals surface area (Å²) in [7, 11) is 1.58. The van der Waals surface area contributed by atoms with Crippen molar-refractivity contribution in [3.8, 4) is 28.7 Å². The molecular formula is C14H11BrN4O2. The number of halogens is 1. The Bertz CT molecular complexity index is 771. The van der Waals surface area contributed by atoms with Gasteiger partial charge in [-0.2, -0.15) is 4.98 Å². The second kappa shape index (κ2) is 5.53. The number of pyridine rings is 1. The van der Waals surface area contributed by atoms with Gasteiger partial charge in [0.25, 0.3) is 5.89 Å². The van der Waals surface area contributed by atoms with Crippen molar-refractivity contribution in [3.05, 3.63) is 41.0 Å². The number of nitrogens with two attached hydrogens (primary N) is 1. The fourth-order valence-corrected chi connectivity index (χ4v) is 2.03. The van der Waals surface area contributed by atoms with E-state index in [1.165, 1.54) is 0 Å². The van der Waals surface area contributed by atoms with Gasteiger partial charge in [0.05, 0.1) is 12.7 Å². The smallest absolute Gasteiger partial charge is 0.260 e. The number of methoxy groups -OCH3 is 1. The molecular weight excluding hydrogens is 336 g/mol. The zero-order chi connectivity index (χ0) is 14.8. The maximum atomic E-state index is 5.94. The van der Waals surface area contributed by atoms with Crippen LogP contribution in [0.1, 0.15) is 0 Å². The first-order valence-electron chi connectivity index (χ1n) is 6.07.